The topological polar surface area (TPSA) is 63.3 Å². The zero-order valence-electron chi connectivity index (χ0n) is 7.08. The van der Waals surface area contributed by atoms with E-state index in [1.165, 1.54) is 12.2 Å². The van der Waals surface area contributed by atoms with Crippen molar-refractivity contribution in [3.8, 4) is 0 Å². The molecule has 12 heavy (non-hydrogen) atoms. The number of hydrogen-bond acceptors (Lipinski definition) is 2. The minimum Gasteiger partial charge on any atom is -0.508 e. The maximum atomic E-state index is 10.4. The van der Waals surface area contributed by atoms with Gasteiger partial charge in [-0.2, -0.15) is 0 Å². The largest absolute Gasteiger partial charge is 0.508 e. The number of carbonyl (C=O) groups is 1. The summed E-state index contributed by atoms with van der Waals surface area (Å²) in [6.07, 6.45) is 4.67. The quantitative estimate of drug-likeness (QED) is 0.491. The summed E-state index contributed by atoms with van der Waals surface area (Å²) < 4.78 is 0. The highest BCUT2D eigenvalue weighted by molar-refractivity contribution is 5.77. The third kappa shape index (κ3) is 5.29. The molecule has 3 nitrogen and oxygen atoms in total. The fourth-order valence-electron chi connectivity index (χ4n) is 0.582. The molecule has 66 valence electrons. The molecule has 0 saturated heterocycles. The number of allylic oxidation sites excluding steroid dienone is 3. The van der Waals surface area contributed by atoms with Gasteiger partial charge in [0.1, 0.15) is 5.76 Å². The van der Waals surface area contributed by atoms with Crippen LogP contribution in [0.2, 0.25) is 0 Å². The molecule has 0 aromatic carbocycles. The molecule has 0 heterocycles. The standard InChI is InChI=1S/C9H13NO2/c1-3-8(11)5-4-7(2)6-9(10)12/h3-5,11H,2,6H2,1H3,(H2,10,12)/b5-4-,8-3+. The Morgan fingerprint density at radius 3 is 2.58 bits per heavy atom. The molecule has 0 spiro atoms. The summed E-state index contributed by atoms with van der Waals surface area (Å²) in [5.41, 5.74) is 5.50. The van der Waals surface area contributed by atoms with Crippen LogP contribution in [0.1, 0.15) is 13.3 Å². The summed E-state index contributed by atoms with van der Waals surface area (Å²) in [5, 5.41) is 8.96. The first-order chi connectivity index (χ1) is 5.56. The van der Waals surface area contributed by atoms with E-state index in [0.29, 0.717) is 5.57 Å². The van der Waals surface area contributed by atoms with Crippen LogP contribution in [0.4, 0.5) is 0 Å². The molecule has 0 fully saturated rings. The van der Waals surface area contributed by atoms with Gasteiger partial charge in [0, 0.05) is 0 Å². The van der Waals surface area contributed by atoms with Gasteiger partial charge in [0.25, 0.3) is 0 Å². The van der Waals surface area contributed by atoms with Crippen molar-refractivity contribution in [2.45, 2.75) is 13.3 Å². The van der Waals surface area contributed by atoms with Crippen LogP contribution >= 0.6 is 0 Å². The molecule has 0 rings (SSSR count). The van der Waals surface area contributed by atoms with E-state index in [9.17, 15) is 4.79 Å². The Hall–Kier alpha value is -1.51. The molecule has 0 aromatic heterocycles. The lowest BCUT2D eigenvalue weighted by Gasteiger charge is -1.93. The van der Waals surface area contributed by atoms with Gasteiger partial charge < -0.3 is 10.8 Å². The van der Waals surface area contributed by atoms with Crippen molar-refractivity contribution >= 4 is 5.91 Å². The molecular weight excluding hydrogens is 154 g/mol. The highest BCUT2D eigenvalue weighted by atomic mass is 16.3. The first-order valence-corrected chi connectivity index (χ1v) is 3.55. The summed E-state index contributed by atoms with van der Waals surface area (Å²) in [7, 11) is 0. The molecular formula is C9H13NO2. The van der Waals surface area contributed by atoms with Crippen molar-refractivity contribution in [1.82, 2.24) is 0 Å². The van der Waals surface area contributed by atoms with E-state index in [1.54, 1.807) is 13.0 Å². The van der Waals surface area contributed by atoms with Crippen LogP contribution in [0.3, 0.4) is 0 Å². The molecule has 0 saturated carbocycles. The Bertz CT molecular complexity index is 239. The summed E-state index contributed by atoms with van der Waals surface area (Å²) in [6.45, 7) is 5.28. The number of carbonyl (C=O) groups excluding carboxylic acids is 1. The normalized spacial score (nSPS) is 11.9. The Morgan fingerprint density at radius 2 is 2.17 bits per heavy atom. The van der Waals surface area contributed by atoms with E-state index in [1.807, 2.05) is 0 Å². The Morgan fingerprint density at radius 1 is 1.58 bits per heavy atom. The summed E-state index contributed by atoms with van der Waals surface area (Å²) >= 11 is 0. The molecule has 1 amide bonds. The Kier molecular flexibility index (Phi) is 4.53. The van der Waals surface area contributed by atoms with E-state index in [4.69, 9.17) is 10.8 Å². The van der Waals surface area contributed by atoms with Gasteiger partial charge in [-0.15, -0.1) is 0 Å². The Labute approximate surface area is 71.9 Å². The number of nitrogens with two attached hydrogens (primary N) is 1. The van der Waals surface area contributed by atoms with Crippen molar-refractivity contribution in [2.24, 2.45) is 5.73 Å². The van der Waals surface area contributed by atoms with Gasteiger partial charge in [-0.3, -0.25) is 4.79 Å². The van der Waals surface area contributed by atoms with Crippen molar-refractivity contribution in [3.05, 3.63) is 36.1 Å². The predicted octanol–water partition coefficient (Wildman–Crippen LogP) is 1.44. The molecule has 0 aliphatic carbocycles. The maximum absolute atomic E-state index is 10.4. The van der Waals surface area contributed by atoms with E-state index in [-0.39, 0.29) is 12.2 Å². The maximum Gasteiger partial charge on any atom is 0.221 e. The highest BCUT2D eigenvalue weighted by Gasteiger charge is 1.94. The molecule has 0 bridgehead atoms. The third-order valence-corrected chi connectivity index (χ3v) is 1.19. The van der Waals surface area contributed by atoms with Gasteiger partial charge >= 0.3 is 0 Å². The van der Waals surface area contributed by atoms with Crippen LogP contribution in [0, 0.1) is 0 Å². The van der Waals surface area contributed by atoms with Crippen LogP contribution in [-0.4, -0.2) is 11.0 Å². The lowest BCUT2D eigenvalue weighted by molar-refractivity contribution is -0.117. The van der Waals surface area contributed by atoms with Gasteiger partial charge in [-0.1, -0.05) is 12.7 Å². The number of aliphatic hydroxyl groups excluding tert-OH is 1. The van der Waals surface area contributed by atoms with Gasteiger partial charge in [-0.05, 0) is 24.6 Å². The average molecular weight is 167 g/mol. The lowest BCUT2D eigenvalue weighted by atomic mass is 10.2. The zero-order chi connectivity index (χ0) is 9.56. The molecule has 0 radical (unpaired) electrons. The first-order valence-electron chi connectivity index (χ1n) is 3.55. The second-order valence-corrected chi connectivity index (χ2v) is 2.35. The molecule has 0 aliphatic rings. The molecule has 0 atom stereocenters. The molecule has 0 unspecified atom stereocenters. The molecule has 3 heteroatoms. The van der Waals surface area contributed by atoms with Gasteiger partial charge in [0.15, 0.2) is 0 Å². The zero-order valence-corrected chi connectivity index (χ0v) is 7.08. The Balaban J connectivity index is 4.01. The summed E-state index contributed by atoms with van der Waals surface area (Å²) in [5.74, 6) is -0.287. The minimum absolute atomic E-state index is 0.119. The predicted molar refractivity (Wildman–Crippen MR) is 48.5 cm³/mol. The van der Waals surface area contributed by atoms with E-state index >= 15 is 0 Å². The van der Waals surface area contributed by atoms with Crippen molar-refractivity contribution in [2.75, 3.05) is 0 Å². The number of aliphatic hydroxyl groups is 1. The van der Waals surface area contributed by atoms with Gasteiger partial charge in [-0.25, -0.2) is 0 Å². The average Bonchev–Trinajstić information content (AvgIpc) is 1.99. The second-order valence-electron chi connectivity index (χ2n) is 2.35. The van der Waals surface area contributed by atoms with E-state index < -0.39 is 5.91 Å². The lowest BCUT2D eigenvalue weighted by Crippen LogP contribution is -2.10. The SMILES string of the molecule is C=C(/C=C\C(O)=C/C)CC(N)=O. The third-order valence-electron chi connectivity index (χ3n) is 1.19. The van der Waals surface area contributed by atoms with Crippen LogP contribution in [0.25, 0.3) is 0 Å². The number of hydrogen-bond donors (Lipinski definition) is 2. The minimum atomic E-state index is -0.426. The second kappa shape index (κ2) is 5.18. The van der Waals surface area contributed by atoms with E-state index in [0.717, 1.165) is 0 Å². The molecule has 0 aromatic rings. The van der Waals surface area contributed by atoms with Crippen LogP contribution in [-0.2, 0) is 4.79 Å². The van der Waals surface area contributed by atoms with Crippen LogP contribution < -0.4 is 5.73 Å². The van der Waals surface area contributed by atoms with E-state index in [2.05, 4.69) is 6.58 Å². The number of primary amides is 1. The summed E-state index contributed by atoms with van der Waals surface area (Å²) in [4.78, 5) is 10.4. The van der Waals surface area contributed by atoms with Crippen molar-refractivity contribution in [1.29, 1.82) is 0 Å². The highest BCUT2D eigenvalue weighted by Crippen LogP contribution is 2.01. The molecule has 3 N–H and O–H groups in total. The van der Waals surface area contributed by atoms with Gasteiger partial charge in [0.2, 0.25) is 5.91 Å². The van der Waals surface area contributed by atoms with Crippen molar-refractivity contribution < 1.29 is 9.90 Å². The smallest absolute Gasteiger partial charge is 0.221 e. The fraction of sp³-hybridized carbons (Fsp3) is 0.222. The van der Waals surface area contributed by atoms with Crippen LogP contribution in [0.15, 0.2) is 36.1 Å². The fourth-order valence-corrected chi connectivity index (χ4v) is 0.582. The molecule has 0 aliphatic heterocycles. The number of amides is 1. The first kappa shape index (κ1) is 10.5. The monoisotopic (exact) mass is 167 g/mol. The summed E-state index contributed by atoms with van der Waals surface area (Å²) in [6, 6.07) is 0. The van der Waals surface area contributed by atoms with Crippen LogP contribution in [0.5, 0.6) is 0 Å². The van der Waals surface area contributed by atoms with Gasteiger partial charge in [0.05, 0.1) is 6.42 Å². The van der Waals surface area contributed by atoms with Crippen molar-refractivity contribution in [3.63, 3.8) is 0 Å². The number of rotatable bonds is 4.